The molecule has 1 saturated heterocycles. The number of hydrogen-bond donors (Lipinski definition) is 2. The van der Waals surface area contributed by atoms with E-state index in [2.05, 4.69) is 62.1 Å². The van der Waals surface area contributed by atoms with E-state index in [1.54, 1.807) is 6.20 Å². The lowest BCUT2D eigenvalue weighted by Gasteiger charge is -2.26. The molecule has 0 spiro atoms. The largest absolute Gasteiger partial charge is 0.379 e. The van der Waals surface area contributed by atoms with Crippen molar-refractivity contribution in [2.75, 3.05) is 38.3 Å². The first-order chi connectivity index (χ1) is 23.8. The lowest BCUT2D eigenvalue weighted by Crippen LogP contribution is -2.43. The molecule has 10 nitrogen and oxygen atoms in total. The molecule has 0 unspecified atom stereocenters. The first-order valence-electron chi connectivity index (χ1n) is 16.0. The number of amides is 1. The Labute approximate surface area is 294 Å². The van der Waals surface area contributed by atoms with Crippen LogP contribution in [0, 0.1) is 0 Å². The number of nitrogens with zero attached hydrogens (tertiary/aromatic N) is 6. The van der Waals surface area contributed by atoms with Gasteiger partial charge in [0.05, 0.1) is 59.5 Å². The number of rotatable bonds is 7. The summed E-state index contributed by atoms with van der Waals surface area (Å²) in [6.07, 6.45) is 4.50. The molecule has 0 saturated carbocycles. The topological polar surface area (TPSA) is 110 Å². The molecule has 1 amide bonds. The number of morpholine rings is 1. The molecule has 1 fully saturated rings. The fraction of sp³-hybridized carbons (Fsp3) is 0.216. The highest BCUT2D eigenvalue weighted by atomic mass is 35.5. The molecule has 0 radical (unpaired) electrons. The molecular weight excluding hydrogens is 659 g/mol. The predicted molar refractivity (Wildman–Crippen MR) is 195 cm³/mol. The van der Waals surface area contributed by atoms with Gasteiger partial charge in [-0.3, -0.25) is 19.7 Å². The van der Waals surface area contributed by atoms with Gasteiger partial charge in [-0.05, 0) is 86.6 Å². The summed E-state index contributed by atoms with van der Waals surface area (Å²) in [6, 6.07) is 27.9. The van der Waals surface area contributed by atoms with Crippen molar-refractivity contribution in [2.24, 2.45) is 4.99 Å². The monoisotopic (exact) mass is 694 g/mol. The predicted octanol–water partition coefficient (Wildman–Crippen LogP) is 6.99. The fourth-order valence-electron chi connectivity index (χ4n) is 5.33. The average molecular weight is 696 g/mol. The van der Waals surface area contributed by atoms with E-state index in [-0.39, 0.29) is 11.9 Å². The van der Waals surface area contributed by atoms with Crippen LogP contribution < -0.4 is 16.0 Å². The minimum Gasteiger partial charge on any atom is -0.379 e. The fourth-order valence-corrected chi connectivity index (χ4v) is 5.59. The van der Waals surface area contributed by atoms with E-state index in [9.17, 15) is 4.79 Å². The normalized spacial score (nSPS) is 13.7. The van der Waals surface area contributed by atoms with Crippen molar-refractivity contribution in [3.8, 4) is 17.1 Å². The number of nitrogens with one attached hydrogen (secondary N) is 2. The van der Waals surface area contributed by atoms with Crippen molar-refractivity contribution >= 4 is 51.5 Å². The van der Waals surface area contributed by atoms with E-state index < -0.39 is 0 Å². The minimum absolute atomic E-state index is 0.130. The molecule has 1 aliphatic carbocycles. The Morgan fingerprint density at radius 3 is 2.35 bits per heavy atom. The van der Waals surface area contributed by atoms with Crippen molar-refractivity contribution in [1.82, 2.24) is 29.7 Å². The molecule has 250 valence electrons. The quantitative estimate of drug-likeness (QED) is 0.174. The van der Waals surface area contributed by atoms with Crippen LogP contribution in [0.25, 0.3) is 28.1 Å². The van der Waals surface area contributed by atoms with Crippen LogP contribution in [0.2, 0.25) is 10.0 Å². The zero-order chi connectivity index (χ0) is 34.2. The average Bonchev–Trinajstić information content (AvgIpc) is 3.12. The highest BCUT2D eigenvalue weighted by Crippen LogP contribution is 2.31. The highest BCUT2D eigenvalue weighted by molar-refractivity contribution is 6.30. The van der Waals surface area contributed by atoms with Gasteiger partial charge in [0, 0.05) is 52.9 Å². The second kappa shape index (κ2) is 16.0. The Balaban J connectivity index is 0.000000218. The van der Waals surface area contributed by atoms with E-state index >= 15 is 0 Å². The Hall–Kier alpha value is -4.87. The van der Waals surface area contributed by atoms with Crippen molar-refractivity contribution in [2.45, 2.75) is 19.9 Å². The molecule has 3 aliphatic rings. The van der Waals surface area contributed by atoms with Crippen LogP contribution in [-0.4, -0.2) is 69.3 Å². The zero-order valence-corrected chi connectivity index (χ0v) is 28.7. The van der Waals surface area contributed by atoms with Crippen LogP contribution in [0.3, 0.4) is 0 Å². The van der Waals surface area contributed by atoms with Gasteiger partial charge in [0.25, 0.3) is 5.91 Å². The van der Waals surface area contributed by atoms with Crippen LogP contribution in [0.15, 0.2) is 109 Å². The van der Waals surface area contributed by atoms with Crippen LogP contribution in [0.4, 0.5) is 11.4 Å². The molecule has 49 heavy (non-hydrogen) atoms. The van der Waals surface area contributed by atoms with Gasteiger partial charge in [0.15, 0.2) is 0 Å². The van der Waals surface area contributed by atoms with Gasteiger partial charge in [0.1, 0.15) is 5.69 Å². The van der Waals surface area contributed by atoms with E-state index in [0.717, 1.165) is 71.1 Å². The number of hydrogen-bond acceptors (Lipinski definition) is 8. The summed E-state index contributed by atoms with van der Waals surface area (Å²) in [5, 5.41) is 8.56. The summed E-state index contributed by atoms with van der Waals surface area (Å²) in [7, 11) is 0. The highest BCUT2D eigenvalue weighted by Gasteiger charge is 2.17. The number of fused-ring (bicyclic) bond motifs is 2. The lowest BCUT2D eigenvalue weighted by molar-refractivity contribution is 0.0334. The van der Waals surface area contributed by atoms with Gasteiger partial charge in [0.2, 0.25) is 0 Å². The Morgan fingerprint density at radius 2 is 1.65 bits per heavy atom. The molecule has 2 aliphatic heterocycles. The third-order valence-electron chi connectivity index (χ3n) is 7.67. The third-order valence-corrected chi connectivity index (χ3v) is 8.17. The molecule has 12 heteroatoms. The van der Waals surface area contributed by atoms with Gasteiger partial charge in [-0.2, -0.15) is 0 Å². The molecular formula is C37H36Cl2N8O2. The third kappa shape index (κ3) is 8.79. The molecule has 7 rings (SSSR count). The first kappa shape index (κ1) is 34.0. The van der Waals surface area contributed by atoms with Crippen molar-refractivity contribution in [3.05, 3.63) is 125 Å². The number of para-hydroxylation sites is 2. The second-order valence-corrected chi connectivity index (χ2v) is 12.5. The number of benzene rings is 4. The van der Waals surface area contributed by atoms with Crippen molar-refractivity contribution in [3.63, 3.8) is 0 Å². The lowest BCUT2D eigenvalue weighted by atomic mass is 10.1. The second-order valence-electron chi connectivity index (χ2n) is 11.6. The smallest absolute Gasteiger partial charge is 0.272 e. The van der Waals surface area contributed by atoms with Crippen molar-refractivity contribution in [1.29, 1.82) is 0 Å². The number of ether oxygens (including phenoxy) is 1. The first-order valence-corrected chi connectivity index (χ1v) is 16.7. The van der Waals surface area contributed by atoms with Crippen LogP contribution in [0.5, 0.6) is 0 Å². The van der Waals surface area contributed by atoms with E-state index in [0.29, 0.717) is 22.4 Å². The molecule has 3 aromatic carbocycles. The minimum atomic E-state index is -0.195. The van der Waals surface area contributed by atoms with E-state index in [1.165, 1.54) is 12.4 Å². The summed E-state index contributed by atoms with van der Waals surface area (Å²) >= 11 is 12.2. The van der Waals surface area contributed by atoms with Gasteiger partial charge in [-0.25, -0.2) is 9.97 Å². The Morgan fingerprint density at radius 1 is 0.939 bits per heavy atom. The standard InChI is InChI=1S/C27H22Cl2N4.C10H14N4O2/c1-17(2)30-24-16-27-25(15-23(24)31-20-11-7-18(28)8-12-20)32-22-5-3-4-6-26(22)33(27)21-13-9-19(29)10-14-21;15-10(9-7-11-1-2-12-9)13-8-14-3-5-16-6-4-14/h3-17,31H,1-2H3;1-2,7H,3-6,8H2,(H,13,15)/b30-24+;. The van der Waals surface area contributed by atoms with Gasteiger partial charge in [-0.1, -0.05) is 35.3 Å². The maximum atomic E-state index is 11.6. The molecule has 2 N–H and O–H groups in total. The summed E-state index contributed by atoms with van der Waals surface area (Å²) < 4.78 is 7.42. The zero-order valence-electron chi connectivity index (χ0n) is 27.2. The summed E-state index contributed by atoms with van der Waals surface area (Å²) in [5.41, 5.74) is 6.94. The molecule has 1 aromatic heterocycles. The Kier molecular flexibility index (Phi) is 11.1. The number of carbonyl (C=O) groups excluding carboxylic acids is 1. The SMILES string of the molecule is CC(C)/N=c1\cc2n(-c3ccc(Cl)cc3)c3ccccc3nc-2cc1Nc1ccc(Cl)cc1.O=C(NCN1CCOCC1)c1cnccn1. The number of halogens is 2. The van der Waals surface area contributed by atoms with Crippen LogP contribution in [0.1, 0.15) is 24.3 Å². The molecule has 0 bridgehead atoms. The summed E-state index contributed by atoms with van der Waals surface area (Å²) in [5.74, 6) is -0.195. The number of aromatic nitrogens is 4. The van der Waals surface area contributed by atoms with E-state index in [4.69, 9.17) is 37.9 Å². The van der Waals surface area contributed by atoms with Gasteiger partial charge >= 0.3 is 0 Å². The molecule has 0 atom stereocenters. The maximum absolute atomic E-state index is 11.6. The van der Waals surface area contributed by atoms with Gasteiger partial charge in [-0.15, -0.1) is 0 Å². The van der Waals surface area contributed by atoms with Crippen LogP contribution in [-0.2, 0) is 4.74 Å². The van der Waals surface area contributed by atoms with E-state index in [1.807, 2.05) is 66.7 Å². The summed E-state index contributed by atoms with van der Waals surface area (Å²) in [6.45, 7) is 7.81. The van der Waals surface area contributed by atoms with Gasteiger partial charge < -0.3 is 19.9 Å². The molecule has 4 aromatic rings. The number of carbonyl (C=O) groups is 1. The maximum Gasteiger partial charge on any atom is 0.272 e. The van der Waals surface area contributed by atoms with Crippen molar-refractivity contribution < 1.29 is 9.53 Å². The number of anilines is 2. The molecule has 3 heterocycles. The van der Waals surface area contributed by atoms with Crippen LogP contribution >= 0.6 is 23.2 Å². The Bertz CT molecular complexity index is 2050. The summed E-state index contributed by atoms with van der Waals surface area (Å²) in [4.78, 5) is 31.4.